The standard InChI is InChI=1S/C22H16ClFN2O2S/c1-26(28-2)22(27)13-7-10-20-18(11-13)25-21(15-9-8-14(23)12-17(15)24)16-5-3-4-6-19(16)29-20/h3-12H,1-2H3. The van der Waals surface area contributed by atoms with E-state index in [-0.39, 0.29) is 5.91 Å². The third-order valence-electron chi connectivity index (χ3n) is 4.55. The van der Waals surface area contributed by atoms with Gasteiger partial charge in [0.05, 0.1) is 18.5 Å². The van der Waals surface area contributed by atoms with Crippen molar-refractivity contribution in [2.24, 2.45) is 4.99 Å². The predicted octanol–water partition coefficient (Wildman–Crippen LogP) is 5.75. The van der Waals surface area contributed by atoms with E-state index < -0.39 is 5.82 Å². The van der Waals surface area contributed by atoms with Crippen LogP contribution in [0.3, 0.4) is 0 Å². The molecule has 4 nitrogen and oxygen atoms in total. The summed E-state index contributed by atoms with van der Waals surface area (Å²) in [4.78, 5) is 24.1. The number of amides is 1. The van der Waals surface area contributed by atoms with Crippen LogP contribution in [0.15, 0.2) is 75.4 Å². The number of carbonyl (C=O) groups is 1. The van der Waals surface area contributed by atoms with E-state index in [1.807, 2.05) is 30.3 Å². The Bertz CT molecular complexity index is 1150. The van der Waals surface area contributed by atoms with E-state index in [2.05, 4.69) is 0 Å². The summed E-state index contributed by atoms with van der Waals surface area (Å²) in [5.74, 6) is -0.748. The molecule has 0 radical (unpaired) electrons. The topological polar surface area (TPSA) is 41.9 Å². The molecule has 1 aliphatic rings. The molecule has 29 heavy (non-hydrogen) atoms. The SMILES string of the molecule is CON(C)C(=O)c1ccc2c(c1)N=C(c1ccc(Cl)cc1F)c1ccccc1S2. The van der Waals surface area contributed by atoms with Crippen LogP contribution in [0.25, 0.3) is 0 Å². The van der Waals surface area contributed by atoms with Crippen LogP contribution in [0.4, 0.5) is 10.1 Å². The van der Waals surface area contributed by atoms with Gasteiger partial charge in [0, 0.05) is 38.6 Å². The van der Waals surface area contributed by atoms with E-state index >= 15 is 0 Å². The summed E-state index contributed by atoms with van der Waals surface area (Å²) in [6.45, 7) is 0. The first-order valence-electron chi connectivity index (χ1n) is 8.75. The Morgan fingerprint density at radius 1 is 1.07 bits per heavy atom. The maximum absolute atomic E-state index is 14.7. The number of aliphatic imine (C=N–C) groups is 1. The number of hydroxylamine groups is 2. The van der Waals surface area contributed by atoms with E-state index in [1.54, 1.807) is 24.3 Å². The molecule has 0 bridgehead atoms. The van der Waals surface area contributed by atoms with Crippen LogP contribution in [0, 0.1) is 5.82 Å². The molecular formula is C22H16ClFN2O2S. The molecule has 0 saturated carbocycles. The van der Waals surface area contributed by atoms with Crippen molar-refractivity contribution in [2.75, 3.05) is 14.2 Å². The molecule has 4 rings (SSSR count). The van der Waals surface area contributed by atoms with Crippen molar-refractivity contribution in [1.82, 2.24) is 5.06 Å². The minimum atomic E-state index is -0.453. The van der Waals surface area contributed by atoms with Gasteiger partial charge in [-0.3, -0.25) is 9.63 Å². The second kappa shape index (κ2) is 7.99. The van der Waals surface area contributed by atoms with Crippen LogP contribution in [-0.4, -0.2) is 30.8 Å². The van der Waals surface area contributed by atoms with Gasteiger partial charge in [0.1, 0.15) is 5.82 Å². The van der Waals surface area contributed by atoms with E-state index in [4.69, 9.17) is 21.4 Å². The Labute approximate surface area is 176 Å². The molecule has 0 aromatic heterocycles. The largest absolute Gasteiger partial charge is 0.277 e. The van der Waals surface area contributed by atoms with Crippen LogP contribution in [0.2, 0.25) is 5.02 Å². The zero-order valence-electron chi connectivity index (χ0n) is 15.6. The first-order valence-corrected chi connectivity index (χ1v) is 9.95. The van der Waals surface area contributed by atoms with Gasteiger partial charge in [0.15, 0.2) is 0 Å². The molecule has 1 aliphatic heterocycles. The van der Waals surface area contributed by atoms with E-state index in [1.165, 1.54) is 32.0 Å². The molecule has 1 heterocycles. The van der Waals surface area contributed by atoms with Crippen molar-refractivity contribution in [3.05, 3.63) is 88.2 Å². The molecule has 146 valence electrons. The first kappa shape index (κ1) is 19.6. The number of halogens is 2. The Morgan fingerprint density at radius 3 is 2.62 bits per heavy atom. The predicted molar refractivity (Wildman–Crippen MR) is 113 cm³/mol. The Kier molecular flexibility index (Phi) is 5.41. The zero-order chi connectivity index (χ0) is 20.5. The van der Waals surface area contributed by atoms with Crippen molar-refractivity contribution in [3.63, 3.8) is 0 Å². The third-order valence-corrected chi connectivity index (χ3v) is 5.92. The molecule has 0 fully saturated rings. The Morgan fingerprint density at radius 2 is 1.86 bits per heavy atom. The van der Waals surface area contributed by atoms with Crippen LogP contribution in [-0.2, 0) is 4.84 Å². The maximum atomic E-state index is 14.7. The van der Waals surface area contributed by atoms with Gasteiger partial charge >= 0.3 is 0 Å². The van der Waals surface area contributed by atoms with Crippen molar-refractivity contribution in [3.8, 4) is 0 Å². The smallest absolute Gasteiger partial charge is 0.274 e. The lowest BCUT2D eigenvalue weighted by molar-refractivity contribution is -0.0756. The number of nitrogens with zero attached hydrogens (tertiary/aromatic N) is 2. The highest BCUT2D eigenvalue weighted by Gasteiger charge is 2.22. The number of hydrogen-bond acceptors (Lipinski definition) is 4. The zero-order valence-corrected chi connectivity index (χ0v) is 17.2. The van der Waals surface area contributed by atoms with Gasteiger partial charge in [-0.05, 0) is 42.5 Å². The maximum Gasteiger partial charge on any atom is 0.277 e. The summed E-state index contributed by atoms with van der Waals surface area (Å²) in [6.07, 6.45) is 0. The fraction of sp³-hybridized carbons (Fsp3) is 0.0909. The minimum Gasteiger partial charge on any atom is -0.274 e. The van der Waals surface area contributed by atoms with Crippen LogP contribution in [0.5, 0.6) is 0 Å². The molecule has 0 aliphatic carbocycles. The average molecular weight is 427 g/mol. The van der Waals surface area contributed by atoms with E-state index in [0.717, 1.165) is 20.4 Å². The molecule has 0 N–H and O–H groups in total. The second-order valence-corrected chi connectivity index (χ2v) is 7.87. The summed E-state index contributed by atoms with van der Waals surface area (Å²) in [6, 6.07) is 17.5. The van der Waals surface area contributed by atoms with E-state index in [9.17, 15) is 9.18 Å². The monoisotopic (exact) mass is 426 g/mol. The lowest BCUT2D eigenvalue weighted by Gasteiger charge is -2.14. The third kappa shape index (κ3) is 3.79. The molecule has 0 unspecified atom stereocenters. The fourth-order valence-electron chi connectivity index (χ4n) is 3.03. The summed E-state index contributed by atoms with van der Waals surface area (Å²) in [5, 5.41) is 1.46. The van der Waals surface area contributed by atoms with Gasteiger partial charge < -0.3 is 0 Å². The number of hydrogen-bond donors (Lipinski definition) is 0. The Hall–Kier alpha value is -2.67. The average Bonchev–Trinajstić information content (AvgIpc) is 2.88. The molecular weight excluding hydrogens is 411 g/mol. The highest BCUT2D eigenvalue weighted by atomic mass is 35.5. The van der Waals surface area contributed by atoms with Gasteiger partial charge in [-0.25, -0.2) is 14.4 Å². The van der Waals surface area contributed by atoms with Crippen LogP contribution >= 0.6 is 23.4 Å². The summed E-state index contributed by atoms with van der Waals surface area (Å²) < 4.78 is 14.7. The molecule has 1 amide bonds. The second-order valence-electron chi connectivity index (χ2n) is 6.35. The fourth-order valence-corrected chi connectivity index (χ4v) is 4.19. The lowest BCUT2D eigenvalue weighted by atomic mass is 10.0. The molecule has 0 spiro atoms. The van der Waals surface area contributed by atoms with Crippen molar-refractivity contribution < 1.29 is 14.0 Å². The van der Waals surface area contributed by atoms with Crippen molar-refractivity contribution in [2.45, 2.75) is 9.79 Å². The first-order chi connectivity index (χ1) is 14.0. The normalized spacial score (nSPS) is 12.5. The van der Waals surface area contributed by atoms with Gasteiger partial charge in [-0.2, -0.15) is 0 Å². The number of fused-ring (bicyclic) bond motifs is 2. The van der Waals surface area contributed by atoms with Gasteiger partial charge in [0.25, 0.3) is 5.91 Å². The number of carbonyl (C=O) groups excluding carboxylic acids is 1. The quantitative estimate of drug-likeness (QED) is 0.392. The molecule has 7 heteroatoms. The minimum absolute atomic E-state index is 0.295. The molecule has 0 atom stereocenters. The Balaban J connectivity index is 1.92. The van der Waals surface area contributed by atoms with Crippen LogP contribution < -0.4 is 0 Å². The van der Waals surface area contributed by atoms with Crippen molar-refractivity contribution in [1.29, 1.82) is 0 Å². The number of benzene rings is 3. The summed E-state index contributed by atoms with van der Waals surface area (Å²) in [5.41, 5.74) is 2.67. The van der Waals surface area contributed by atoms with Crippen LogP contribution in [0.1, 0.15) is 21.5 Å². The lowest BCUT2D eigenvalue weighted by Crippen LogP contribution is -2.25. The molecule has 3 aromatic rings. The van der Waals surface area contributed by atoms with E-state index in [0.29, 0.717) is 27.5 Å². The number of rotatable bonds is 3. The van der Waals surface area contributed by atoms with Gasteiger partial charge in [0.2, 0.25) is 0 Å². The van der Waals surface area contributed by atoms with Gasteiger partial charge in [-0.15, -0.1) is 0 Å². The highest BCUT2D eigenvalue weighted by molar-refractivity contribution is 7.99. The highest BCUT2D eigenvalue weighted by Crippen LogP contribution is 2.42. The summed E-state index contributed by atoms with van der Waals surface area (Å²) in [7, 11) is 2.96. The van der Waals surface area contributed by atoms with Crippen molar-refractivity contribution >= 4 is 40.7 Å². The summed E-state index contributed by atoms with van der Waals surface area (Å²) >= 11 is 7.46. The molecule has 3 aromatic carbocycles. The molecule has 0 saturated heterocycles. The van der Waals surface area contributed by atoms with Gasteiger partial charge in [-0.1, -0.05) is 41.6 Å².